The predicted molar refractivity (Wildman–Crippen MR) is 108 cm³/mol. The lowest BCUT2D eigenvalue weighted by atomic mass is 9.82. The maximum Gasteiger partial charge on any atom is 0.337 e. The molecule has 0 bridgehead atoms. The van der Waals surface area contributed by atoms with Crippen molar-refractivity contribution < 1.29 is 9.53 Å². The highest BCUT2D eigenvalue weighted by atomic mass is 16.5. The highest BCUT2D eigenvalue weighted by molar-refractivity contribution is 5.94. The number of ether oxygens (including phenoxy) is 1. The van der Waals surface area contributed by atoms with Crippen molar-refractivity contribution in [2.75, 3.05) is 30.9 Å². The average molecular weight is 382 g/mol. The molecule has 0 radical (unpaired) electrons. The summed E-state index contributed by atoms with van der Waals surface area (Å²) in [6, 6.07) is 7.51. The monoisotopic (exact) mass is 382 g/mol. The first-order chi connectivity index (χ1) is 13.3. The summed E-state index contributed by atoms with van der Waals surface area (Å²) >= 11 is 0. The quantitative estimate of drug-likeness (QED) is 0.537. The number of nitrogens with zero attached hydrogens (tertiary/aromatic N) is 1. The Morgan fingerprint density at radius 3 is 2.50 bits per heavy atom. The van der Waals surface area contributed by atoms with E-state index < -0.39 is 23.1 Å². The third-order valence-electron chi connectivity index (χ3n) is 4.57. The van der Waals surface area contributed by atoms with Crippen LogP contribution in [0.4, 0.5) is 11.5 Å². The zero-order valence-corrected chi connectivity index (χ0v) is 16.0. The van der Waals surface area contributed by atoms with Crippen molar-refractivity contribution in [1.82, 2.24) is 9.97 Å². The molecule has 2 aromatic rings. The van der Waals surface area contributed by atoms with E-state index in [9.17, 15) is 14.4 Å². The molecule has 28 heavy (non-hydrogen) atoms. The molecule has 1 aromatic heterocycles. The molecule has 1 aromatic carbocycles. The van der Waals surface area contributed by atoms with Crippen LogP contribution in [0.25, 0.3) is 0 Å². The van der Waals surface area contributed by atoms with Gasteiger partial charge < -0.3 is 15.0 Å². The molecular weight excluding hydrogens is 360 g/mol. The highest BCUT2D eigenvalue weighted by Gasteiger charge is 2.35. The second-order valence-electron chi connectivity index (χ2n) is 6.67. The van der Waals surface area contributed by atoms with Crippen molar-refractivity contribution in [2.45, 2.75) is 12.8 Å². The van der Waals surface area contributed by atoms with Gasteiger partial charge in [0.1, 0.15) is 12.4 Å². The third kappa shape index (κ3) is 3.48. The fraction of sp³-hybridized carbons (Fsp3) is 0.250. The number of rotatable bonds is 5. The number of esters is 1. The molecule has 1 aliphatic heterocycles. The predicted octanol–water partition coefficient (Wildman–Crippen LogP) is 1.69. The van der Waals surface area contributed by atoms with Crippen molar-refractivity contribution in [3.63, 3.8) is 0 Å². The zero-order valence-electron chi connectivity index (χ0n) is 16.0. The standard InChI is InChI=1S/C20H22N4O4/c1-5-10-28-19(26)14-11(2)21-17-16(18(25)23-20(27)22-17)15(14)12-6-8-13(9-7-12)24(3)4/h5-9,15H,1,10H2,2-4H3,(H3,21,22,23,25,27). The average Bonchev–Trinajstić information content (AvgIpc) is 2.64. The van der Waals surface area contributed by atoms with Crippen LogP contribution < -0.4 is 21.5 Å². The van der Waals surface area contributed by atoms with E-state index in [4.69, 9.17) is 4.74 Å². The van der Waals surface area contributed by atoms with Gasteiger partial charge in [0.2, 0.25) is 0 Å². The van der Waals surface area contributed by atoms with E-state index in [1.807, 2.05) is 43.3 Å². The summed E-state index contributed by atoms with van der Waals surface area (Å²) in [7, 11) is 3.85. The van der Waals surface area contributed by atoms with E-state index in [1.165, 1.54) is 6.08 Å². The Balaban J connectivity index is 2.20. The summed E-state index contributed by atoms with van der Waals surface area (Å²) in [5, 5.41) is 2.95. The van der Waals surface area contributed by atoms with E-state index in [-0.39, 0.29) is 18.0 Å². The number of H-pyrrole nitrogens is 2. The van der Waals surface area contributed by atoms with Gasteiger partial charge in [0.25, 0.3) is 5.56 Å². The van der Waals surface area contributed by atoms with Gasteiger partial charge in [-0.25, -0.2) is 9.59 Å². The molecule has 1 unspecified atom stereocenters. The number of hydrogen-bond acceptors (Lipinski definition) is 6. The normalized spacial score (nSPS) is 15.5. The van der Waals surface area contributed by atoms with Crippen molar-refractivity contribution in [3.05, 3.63) is 80.2 Å². The number of aromatic nitrogens is 2. The molecule has 3 rings (SSSR count). The number of benzene rings is 1. The Kier molecular flexibility index (Phi) is 5.21. The van der Waals surface area contributed by atoms with Gasteiger partial charge in [-0.05, 0) is 24.6 Å². The Bertz CT molecular complexity index is 1060. The second-order valence-corrected chi connectivity index (χ2v) is 6.67. The van der Waals surface area contributed by atoms with Crippen molar-refractivity contribution in [3.8, 4) is 0 Å². The van der Waals surface area contributed by atoms with Crippen LogP contribution in [0.1, 0.15) is 24.0 Å². The van der Waals surface area contributed by atoms with Crippen LogP contribution in [-0.2, 0) is 9.53 Å². The van der Waals surface area contributed by atoms with Crippen LogP contribution in [0.2, 0.25) is 0 Å². The lowest BCUT2D eigenvalue weighted by molar-refractivity contribution is -0.138. The summed E-state index contributed by atoms with van der Waals surface area (Å²) in [4.78, 5) is 43.9. The van der Waals surface area contributed by atoms with Crippen LogP contribution >= 0.6 is 0 Å². The van der Waals surface area contributed by atoms with Crippen molar-refractivity contribution in [2.24, 2.45) is 0 Å². The van der Waals surface area contributed by atoms with Crippen molar-refractivity contribution in [1.29, 1.82) is 0 Å². The lowest BCUT2D eigenvalue weighted by Gasteiger charge is -2.29. The molecule has 0 saturated heterocycles. The molecule has 0 amide bonds. The Hall–Kier alpha value is -3.55. The molecule has 8 nitrogen and oxygen atoms in total. The van der Waals surface area contributed by atoms with Gasteiger partial charge in [-0.1, -0.05) is 24.8 Å². The fourth-order valence-corrected chi connectivity index (χ4v) is 3.27. The SMILES string of the molecule is C=CCOC(=O)C1=C(C)Nc2[nH]c(=O)[nH]c(=O)c2C1c1ccc(N(C)C)cc1. The minimum absolute atomic E-state index is 0.0523. The molecule has 8 heteroatoms. The summed E-state index contributed by atoms with van der Waals surface area (Å²) in [6.45, 7) is 5.31. The third-order valence-corrected chi connectivity index (χ3v) is 4.57. The molecule has 0 aliphatic carbocycles. The number of hydrogen-bond donors (Lipinski definition) is 3. The number of nitrogens with one attached hydrogen (secondary N) is 3. The van der Waals surface area contributed by atoms with Crippen molar-refractivity contribution >= 4 is 17.5 Å². The Morgan fingerprint density at radius 2 is 1.89 bits per heavy atom. The first-order valence-electron chi connectivity index (χ1n) is 8.73. The minimum Gasteiger partial charge on any atom is -0.458 e. The number of allylic oxidation sites excluding steroid dienone is 1. The molecule has 3 N–H and O–H groups in total. The molecule has 146 valence electrons. The van der Waals surface area contributed by atoms with Crippen LogP contribution in [-0.4, -0.2) is 36.6 Å². The number of carbonyl (C=O) groups excluding carboxylic acids is 1. The van der Waals surface area contributed by atoms with E-state index in [2.05, 4.69) is 21.9 Å². The number of aromatic amines is 2. The van der Waals surface area contributed by atoms with Gasteiger partial charge in [0.05, 0.1) is 17.1 Å². The van der Waals surface area contributed by atoms with E-state index in [1.54, 1.807) is 6.92 Å². The Morgan fingerprint density at radius 1 is 1.21 bits per heavy atom. The second kappa shape index (κ2) is 7.59. The molecule has 2 heterocycles. The largest absolute Gasteiger partial charge is 0.458 e. The molecule has 1 aliphatic rings. The smallest absolute Gasteiger partial charge is 0.337 e. The summed E-state index contributed by atoms with van der Waals surface area (Å²) in [5.74, 6) is -0.971. The topological polar surface area (TPSA) is 107 Å². The van der Waals surface area contributed by atoms with Gasteiger partial charge in [0.15, 0.2) is 0 Å². The molecule has 1 atom stereocenters. The van der Waals surface area contributed by atoms with Gasteiger partial charge in [0, 0.05) is 25.5 Å². The van der Waals surface area contributed by atoms with Gasteiger partial charge >= 0.3 is 11.7 Å². The molecule has 0 fully saturated rings. The fourth-order valence-electron chi connectivity index (χ4n) is 3.27. The van der Waals surface area contributed by atoms with E-state index in [0.29, 0.717) is 11.3 Å². The number of fused-ring (bicyclic) bond motifs is 1. The van der Waals surface area contributed by atoms with Crippen LogP contribution in [0.15, 0.2) is 57.8 Å². The zero-order chi connectivity index (χ0) is 20.4. The van der Waals surface area contributed by atoms with E-state index in [0.717, 1.165) is 11.3 Å². The van der Waals surface area contributed by atoms with Gasteiger partial charge in [-0.3, -0.25) is 14.8 Å². The van der Waals surface area contributed by atoms with Gasteiger partial charge in [-0.15, -0.1) is 0 Å². The van der Waals surface area contributed by atoms with Crippen LogP contribution in [0, 0.1) is 0 Å². The molecule has 0 saturated carbocycles. The minimum atomic E-state index is -0.689. The summed E-state index contributed by atoms with van der Waals surface area (Å²) in [5.41, 5.74) is 1.60. The summed E-state index contributed by atoms with van der Waals surface area (Å²) in [6.07, 6.45) is 1.48. The maximum absolute atomic E-state index is 12.8. The highest BCUT2D eigenvalue weighted by Crippen LogP contribution is 2.39. The maximum atomic E-state index is 12.8. The first kappa shape index (κ1) is 19.2. The van der Waals surface area contributed by atoms with E-state index >= 15 is 0 Å². The number of carbonyl (C=O) groups is 1. The first-order valence-corrected chi connectivity index (χ1v) is 8.73. The van der Waals surface area contributed by atoms with Crippen LogP contribution in [0.5, 0.6) is 0 Å². The van der Waals surface area contributed by atoms with Gasteiger partial charge in [-0.2, -0.15) is 0 Å². The molecular formula is C20H22N4O4. The Labute approximate surface area is 161 Å². The number of anilines is 2. The van der Waals surface area contributed by atoms with Crippen LogP contribution in [0.3, 0.4) is 0 Å². The summed E-state index contributed by atoms with van der Waals surface area (Å²) < 4.78 is 5.25. The lowest BCUT2D eigenvalue weighted by Crippen LogP contribution is -2.35. The molecule has 0 spiro atoms.